The lowest BCUT2D eigenvalue weighted by Gasteiger charge is -2.33. The highest BCUT2D eigenvalue weighted by atomic mass is 19.1. The van der Waals surface area contributed by atoms with Crippen molar-refractivity contribution in [3.8, 4) is 11.3 Å². The second-order valence-corrected chi connectivity index (χ2v) is 9.14. The molecule has 4 aromatic rings. The van der Waals surface area contributed by atoms with Gasteiger partial charge in [0.25, 0.3) is 0 Å². The SMILES string of the molecule is Cn1c(-c2ccccc2)c(/C=C/C(=O)NCC2CN(Cc3ccc(F)cc3)CCO2)c2ccccc21. The lowest BCUT2D eigenvalue weighted by molar-refractivity contribution is -0.117. The summed E-state index contributed by atoms with van der Waals surface area (Å²) in [6.45, 7) is 3.30. The summed E-state index contributed by atoms with van der Waals surface area (Å²) >= 11 is 0. The maximum absolute atomic E-state index is 13.2. The Morgan fingerprint density at radius 2 is 1.81 bits per heavy atom. The Labute approximate surface area is 210 Å². The van der Waals surface area contributed by atoms with Gasteiger partial charge in [-0.2, -0.15) is 0 Å². The van der Waals surface area contributed by atoms with Gasteiger partial charge in [0, 0.05) is 55.8 Å². The smallest absolute Gasteiger partial charge is 0.244 e. The number of hydrogen-bond donors (Lipinski definition) is 1. The monoisotopic (exact) mass is 483 g/mol. The van der Waals surface area contributed by atoms with E-state index in [2.05, 4.69) is 46.1 Å². The van der Waals surface area contributed by atoms with Crippen LogP contribution in [-0.2, 0) is 23.1 Å². The predicted octanol–water partition coefficient (Wildman–Crippen LogP) is 5.01. The highest BCUT2D eigenvalue weighted by Gasteiger charge is 2.21. The van der Waals surface area contributed by atoms with Gasteiger partial charge in [-0.1, -0.05) is 60.7 Å². The minimum Gasteiger partial charge on any atom is -0.374 e. The summed E-state index contributed by atoms with van der Waals surface area (Å²) in [6, 6.07) is 25.0. The molecule has 0 spiro atoms. The highest BCUT2D eigenvalue weighted by Crippen LogP contribution is 2.33. The summed E-state index contributed by atoms with van der Waals surface area (Å²) in [5.74, 6) is -0.380. The maximum Gasteiger partial charge on any atom is 0.244 e. The average Bonchev–Trinajstić information content (AvgIpc) is 3.20. The van der Waals surface area contributed by atoms with Crippen LogP contribution in [0.2, 0.25) is 0 Å². The number of benzene rings is 3. The molecule has 1 aliphatic rings. The fourth-order valence-corrected chi connectivity index (χ4v) is 4.86. The molecule has 5 rings (SSSR count). The number of para-hydroxylation sites is 1. The first kappa shape index (κ1) is 24.0. The number of aromatic nitrogens is 1. The molecule has 1 aromatic heterocycles. The number of hydrogen-bond acceptors (Lipinski definition) is 3. The van der Waals surface area contributed by atoms with Gasteiger partial charge in [0.1, 0.15) is 5.82 Å². The third-order valence-electron chi connectivity index (χ3n) is 6.64. The third-order valence-corrected chi connectivity index (χ3v) is 6.64. The molecule has 1 fully saturated rings. The topological polar surface area (TPSA) is 46.5 Å². The van der Waals surface area contributed by atoms with E-state index >= 15 is 0 Å². The molecule has 0 radical (unpaired) electrons. The molecule has 1 amide bonds. The van der Waals surface area contributed by atoms with Crippen molar-refractivity contribution in [3.63, 3.8) is 0 Å². The van der Waals surface area contributed by atoms with Crippen LogP contribution in [0.15, 0.2) is 84.9 Å². The minimum atomic E-state index is -0.228. The number of aryl methyl sites for hydroxylation is 1. The van der Waals surface area contributed by atoms with E-state index in [0.29, 0.717) is 19.7 Å². The third kappa shape index (κ3) is 5.40. The Hall–Kier alpha value is -3.74. The zero-order valence-corrected chi connectivity index (χ0v) is 20.4. The number of carbonyl (C=O) groups is 1. The molecule has 1 unspecified atom stereocenters. The number of nitrogens with one attached hydrogen (secondary N) is 1. The minimum absolute atomic E-state index is 0.0889. The van der Waals surface area contributed by atoms with E-state index in [1.54, 1.807) is 6.08 Å². The van der Waals surface area contributed by atoms with Gasteiger partial charge >= 0.3 is 0 Å². The number of ether oxygens (including phenoxy) is 1. The first-order chi connectivity index (χ1) is 17.6. The summed E-state index contributed by atoms with van der Waals surface area (Å²) in [5, 5.41) is 4.10. The summed E-state index contributed by atoms with van der Waals surface area (Å²) in [5.41, 5.74) is 5.39. The van der Waals surface area contributed by atoms with Crippen LogP contribution in [0.1, 0.15) is 11.1 Å². The van der Waals surface area contributed by atoms with Crippen LogP contribution < -0.4 is 5.32 Å². The largest absolute Gasteiger partial charge is 0.374 e. The lowest BCUT2D eigenvalue weighted by atomic mass is 10.0. The molecule has 184 valence electrons. The second-order valence-electron chi connectivity index (χ2n) is 9.14. The van der Waals surface area contributed by atoms with Crippen molar-refractivity contribution in [2.45, 2.75) is 12.6 Å². The van der Waals surface area contributed by atoms with Crippen LogP contribution in [0.4, 0.5) is 4.39 Å². The summed E-state index contributed by atoms with van der Waals surface area (Å²) in [6.07, 6.45) is 3.42. The van der Waals surface area contributed by atoms with Gasteiger partial charge in [-0.15, -0.1) is 0 Å². The molecular weight excluding hydrogens is 453 g/mol. The molecule has 36 heavy (non-hydrogen) atoms. The van der Waals surface area contributed by atoms with Crippen molar-refractivity contribution >= 4 is 22.9 Å². The second kappa shape index (κ2) is 10.9. The molecule has 6 heteroatoms. The first-order valence-electron chi connectivity index (χ1n) is 12.3. The fraction of sp³-hybridized carbons (Fsp3) is 0.233. The number of rotatable bonds is 7. The summed E-state index contributed by atoms with van der Waals surface area (Å²) < 4.78 is 21.2. The van der Waals surface area contributed by atoms with E-state index < -0.39 is 0 Å². The summed E-state index contributed by atoms with van der Waals surface area (Å²) in [7, 11) is 2.06. The number of carbonyl (C=O) groups excluding carboxylic acids is 1. The summed E-state index contributed by atoms with van der Waals surface area (Å²) in [4.78, 5) is 15.0. The van der Waals surface area contributed by atoms with Crippen LogP contribution in [-0.4, -0.2) is 47.7 Å². The van der Waals surface area contributed by atoms with Gasteiger partial charge in [-0.3, -0.25) is 9.69 Å². The molecule has 1 aliphatic heterocycles. The van der Waals surface area contributed by atoms with Gasteiger partial charge in [-0.25, -0.2) is 4.39 Å². The number of halogens is 1. The van der Waals surface area contributed by atoms with E-state index in [0.717, 1.165) is 46.4 Å². The van der Waals surface area contributed by atoms with Crippen LogP contribution in [0.5, 0.6) is 0 Å². The van der Waals surface area contributed by atoms with E-state index in [-0.39, 0.29) is 17.8 Å². The van der Waals surface area contributed by atoms with Crippen molar-refractivity contribution in [2.75, 3.05) is 26.2 Å². The number of fused-ring (bicyclic) bond motifs is 1. The van der Waals surface area contributed by atoms with Crippen molar-refractivity contribution in [1.82, 2.24) is 14.8 Å². The van der Waals surface area contributed by atoms with Gasteiger partial charge in [-0.05, 0) is 35.4 Å². The quantitative estimate of drug-likeness (QED) is 0.376. The zero-order valence-electron chi connectivity index (χ0n) is 20.4. The normalized spacial score (nSPS) is 16.6. The van der Waals surface area contributed by atoms with E-state index in [9.17, 15) is 9.18 Å². The standard InChI is InChI=1S/C30H30FN3O2/c1-33-28-10-6-5-9-26(28)27(30(33)23-7-3-2-4-8-23)15-16-29(35)32-19-25-21-34(17-18-36-25)20-22-11-13-24(31)14-12-22/h2-16,25H,17-21H2,1H3,(H,32,35)/b16-15+. The molecule has 1 atom stereocenters. The Balaban J connectivity index is 1.25. The number of morpholine rings is 1. The Kier molecular flexibility index (Phi) is 7.26. The zero-order chi connectivity index (χ0) is 24.9. The maximum atomic E-state index is 13.2. The van der Waals surface area contributed by atoms with Crippen LogP contribution in [0.25, 0.3) is 28.2 Å². The van der Waals surface area contributed by atoms with Gasteiger partial charge in [0.15, 0.2) is 0 Å². The van der Waals surface area contributed by atoms with E-state index in [1.807, 2.05) is 48.5 Å². The molecule has 1 N–H and O–H groups in total. The average molecular weight is 484 g/mol. The van der Waals surface area contributed by atoms with E-state index in [1.165, 1.54) is 12.1 Å². The molecule has 1 saturated heterocycles. The lowest BCUT2D eigenvalue weighted by Crippen LogP contribution is -2.46. The van der Waals surface area contributed by atoms with Crippen molar-refractivity contribution in [3.05, 3.63) is 102 Å². The van der Waals surface area contributed by atoms with Gasteiger partial charge in [0.2, 0.25) is 5.91 Å². The van der Waals surface area contributed by atoms with Gasteiger partial charge in [0.05, 0.1) is 18.4 Å². The van der Waals surface area contributed by atoms with Crippen LogP contribution >= 0.6 is 0 Å². The van der Waals surface area contributed by atoms with Gasteiger partial charge < -0.3 is 14.6 Å². The first-order valence-corrected chi connectivity index (χ1v) is 12.3. The van der Waals surface area contributed by atoms with Crippen molar-refractivity contribution in [2.24, 2.45) is 7.05 Å². The fourth-order valence-electron chi connectivity index (χ4n) is 4.86. The molecule has 2 heterocycles. The molecular formula is C30H30FN3O2. The Morgan fingerprint density at radius 1 is 1.06 bits per heavy atom. The Bertz CT molecular complexity index is 1360. The molecule has 0 aliphatic carbocycles. The number of nitrogens with zero attached hydrogens (tertiary/aromatic N) is 2. The highest BCUT2D eigenvalue weighted by molar-refractivity contribution is 6.01. The van der Waals surface area contributed by atoms with Crippen molar-refractivity contribution < 1.29 is 13.9 Å². The van der Waals surface area contributed by atoms with Crippen LogP contribution in [0, 0.1) is 5.82 Å². The predicted molar refractivity (Wildman–Crippen MR) is 142 cm³/mol. The molecule has 5 nitrogen and oxygen atoms in total. The van der Waals surface area contributed by atoms with Crippen LogP contribution in [0.3, 0.4) is 0 Å². The molecule has 0 saturated carbocycles. The molecule has 3 aromatic carbocycles. The number of amides is 1. The van der Waals surface area contributed by atoms with E-state index in [4.69, 9.17) is 4.74 Å². The molecule has 0 bridgehead atoms. The Morgan fingerprint density at radius 3 is 2.61 bits per heavy atom. The van der Waals surface area contributed by atoms with Crippen molar-refractivity contribution in [1.29, 1.82) is 0 Å².